The third kappa shape index (κ3) is 3.61. The van der Waals surface area contributed by atoms with Crippen molar-refractivity contribution in [3.05, 3.63) is 29.3 Å². The molecule has 0 aromatic carbocycles. The summed E-state index contributed by atoms with van der Waals surface area (Å²) in [6.45, 7) is 7.50. The van der Waals surface area contributed by atoms with Crippen LogP contribution in [0.2, 0.25) is 0 Å². The summed E-state index contributed by atoms with van der Waals surface area (Å²) < 4.78 is 4.98. The van der Waals surface area contributed by atoms with Crippen molar-refractivity contribution in [2.75, 3.05) is 18.4 Å². The lowest BCUT2D eigenvalue weighted by Gasteiger charge is -2.35. The Hall–Kier alpha value is -2.15. The average Bonchev–Trinajstić information content (AvgIpc) is 3.15. The molecule has 0 spiro atoms. The van der Waals surface area contributed by atoms with Gasteiger partial charge in [-0.25, -0.2) is 0 Å². The van der Waals surface area contributed by atoms with Gasteiger partial charge in [0.2, 0.25) is 5.91 Å². The van der Waals surface area contributed by atoms with Crippen LogP contribution < -0.4 is 5.32 Å². The fourth-order valence-electron chi connectivity index (χ4n) is 3.07. The molecule has 0 bridgehead atoms. The lowest BCUT2D eigenvalue weighted by atomic mass is 9.93. The molecule has 1 aliphatic rings. The minimum Gasteiger partial charge on any atom is -0.360 e. The highest BCUT2D eigenvalue weighted by molar-refractivity contribution is 5.93. The number of hydrogen-bond donors (Lipinski definition) is 2. The number of anilines is 1. The molecule has 2 aromatic heterocycles. The highest BCUT2D eigenvalue weighted by Crippen LogP contribution is 2.27. The second-order valence-corrected chi connectivity index (χ2v) is 6.30. The number of rotatable bonds is 4. The molecule has 124 valence electrons. The van der Waals surface area contributed by atoms with Crippen molar-refractivity contribution in [3.63, 3.8) is 0 Å². The van der Waals surface area contributed by atoms with Gasteiger partial charge in [-0.05, 0) is 46.2 Å². The summed E-state index contributed by atoms with van der Waals surface area (Å²) >= 11 is 0. The van der Waals surface area contributed by atoms with Crippen LogP contribution >= 0.6 is 0 Å². The summed E-state index contributed by atoms with van der Waals surface area (Å²) in [5, 5.41) is 14.0. The van der Waals surface area contributed by atoms with E-state index in [2.05, 4.69) is 31.6 Å². The molecule has 7 heteroatoms. The molecule has 3 heterocycles. The van der Waals surface area contributed by atoms with E-state index in [1.54, 1.807) is 13.0 Å². The van der Waals surface area contributed by atoms with Gasteiger partial charge in [0.25, 0.3) is 0 Å². The number of piperidine rings is 1. The van der Waals surface area contributed by atoms with Gasteiger partial charge in [-0.15, -0.1) is 0 Å². The fraction of sp³-hybridized carbons (Fsp3) is 0.562. The minimum atomic E-state index is -0.213. The molecule has 1 fully saturated rings. The summed E-state index contributed by atoms with van der Waals surface area (Å²) in [4.78, 5) is 14.6. The van der Waals surface area contributed by atoms with Gasteiger partial charge in [0.15, 0.2) is 5.82 Å². The van der Waals surface area contributed by atoms with Gasteiger partial charge < -0.3 is 9.84 Å². The number of nitrogens with one attached hydrogen (secondary N) is 2. The van der Waals surface area contributed by atoms with Crippen molar-refractivity contribution in [3.8, 4) is 0 Å². The van der Waals surface area contributed by atoms with Gasteiger partial charge in [0.05, 0.1) is 11.7 Å². The Morgan fingerprint density at radius 1 is 1.48 bits per heavy atom. The standard InChI is InChI=1S/C16H23N5O2/c1-10-7-14(19-18-10)13-5-4-6-21(9-13)12(3)16(22)17-15-8-11(2)23-20-15/h7-8,12-13H,4-6,9H2,1-3H3,(H,18,19)(H,17,20,22)/t12-,13-/m0/s1. The number of amides is 1. The molecule has 1 amide bonds. The van der Waals surface area contributed by atoms with E-state index in [9.17, 15) is 4.79 Å². The highest BCUT2D eigenvalue weighted by Gasteiger charge is 2.29. The van der Waals surface area contributed by atoms with Crippen molar-refractivity contribution >= 4 is 11.7 Å². The van der Waals surface area contributed by atoms with Crippen LogP contribution in [-0.2, 0) is 4.79 Å². The molecular weight excluding hydrogens is 294 g/mol. The number of nitrogens with zero attached hydrogens (tertiary/aromatic N) is 3. The molecule has 0 unspecified atom stereocenters. The number of aromatic nitrogens is 3. The maximum Gasteiger partial charge on any atom is 0.242 e. The van der Waals surface area contributed by atoms with E-state index in [0.29, 0.717) is 17.5 Å². The monoisotopic (exact) mass is 317 g/mol. The topological polar surface area (TPSA) is 87.1 Å². The van der Waals surface area contributed by atoms with Crippen molar-refractivity contribution < 1.29 is 9.32 Å². The lowest BCUT2D eigenvalue weighted by molar-refractivity contribution is -0.121. The molecular formula is C16H23N5O2. The number of hydrogen-bond acceptors (Lipinski definition) is 5. The largest absolute Gasteiger partial charge is 0.360 e. The molecule has 2 aromatic rings. The molecule has 23 heavy (non-hydrogen) atoms. The van der Waals surface area contributed by atoms with Gasteiger partial charge in [0, 0.05) is 24.2 Å². The van der Waals surface area contributed by atoms with E-state index >= 15 is 0 Å². The van der Waals surface area contributed by atoms with Crippen molar-refractivity contribution in [2.45, 2.75) is 45.6 Å². The van der Waals surface area contributed by atoms with Crippen LogP contribution in [0, 0.1) is 13.8 Å². The summed E-state index contributed by atoms with van der Waals surface area (Å²) in [7, 11) is 0. The average molecular weight is 317 g/mol. The lowest BCUT2D eigenvalue weighted by Crippen LogP contribution is -2.46. The van der Waals surface area contributed by atoms with E-state index in [4.69, 9.17) is 4.52 Å². The van der Waals surface area contributed by atoms with Crippen LogP contribution in [0.15, 0.2) is 16.7 Å². The molecule has 1 saturated heterocycles. The second kappa shape index (κ2) is 6.54. The minimum absolute atomic E-state index is 0.0582. The first-order chi connectivity index (χ1) is 11.0. The Morgan fingerprint density at radius 2 is 2.30 bits per heavy atom. The first-order valence-electron chi connectivity index (χ1n) is 8.03. The van der Waals surface area contributed by atoms with Crippen LogP contribution in [0.5, 0.6) is 0 Å². The Balaban J connectivity index is 1.62. The maximum absolute atomic E-state index is 12.4. The summed E-state index contributed by atoms with van der Waals surface area (Å²) in [6, 6.07) is 3.60. The predicted octanol–water partition coefficient (Wildman–Crippen LogP) is 2.22. The number of carbonyl (C=O) groups excluding carboxylic acids is 1. The van der Waals surface area contributed by atoms with Crippen molar-refractivity contribution in [1.82, 2.24) is 20.3 Å². The number of aryl methyl sites for hydroxylation is 2. The van der Waals surface area contributed by atoms with Gasteiger partial charge in [-0.2, -0.15) is 5.10 Å². The fourth-order valence-corrected chi connectivity index (χ4v) is 3.07. The molecule has 2 atom stereocenters. The second-order valence-electron chi connectivity index (χ2n) is 6.30. The molecule has 0 saturated carbocycles. The number of carbonyl (C=O) groups is 1. The molecule has 2 N–H and O–H groups in total. The van der Waals surface area contributed by atoms with Crippen LogP contribution in [0.3, 0.4) is 0 Å². The van der Waals surface area contributed by atoms with Crippen LogP contribution in [-0.4, -0.2) is 45.3 Å². The normalized spacial score (nSPS) is 20.4. The zero-order chi connectivity index (χ0) is 16.4. The smallest absolute Gasteiger partial charge is 0.242 e. The van der Waals surface area contributed by atoms with Crippen LogP contribution in [0.4, 0.5) is 5.82 Å². The Labute approximate surface area is 135 Å². The van der Waals surface area contributed by atoms with Gasteiger partial charge in [-0.1, -0.05) is 5.16 Å². The quantitative estimate of drug-likeness (QED) is 0.903. The first-order valence-corrected chi connectivity index (χ1v) is 8.03. The Kier molecular flexibility index (Phi) is 4.47. The van der Waals surface area contributed by atoms with E-state index in [0.717, 1.165) is 37.3 Å². The van der Waals surface area contributed by atoms with E-state index < -0.39 is 0 Å². The third-order valence-corrected chi connectivity index (χ3v) is 4.40. The van der Waals surface area contributed by atoms with E-state index in [1.165, 1.54) is 0 Å². The molecule has 0 aliphatic carbocycles. The summed E-state index contributed by atoms with van der Waals surface area (Å²) in [6.07, 6.45) is 2.18. The number of aromatic amines is 1. The van der Waals surface area contributed by atoms with Gasteiger partial charge >= 0.3 is 0 Å². The van der Waals surface area contributed by atoms with Crippen molar-refractivity contribution in [2.24, 2.45) is 0 Å². The van der Waals surface area contributed by atoms with E-state index in [1.807, 2.05) is 13.8 Å². The Morgan fingerprint density at radius 3 is 2.96 bits per heavy atom. The zero-order valence-corrected chi connectivity index (χ0v) is 13.8. The summed E-state index contributed by atoms with van der Waals surface area (Å²) in [5.74, 6) is 1.46. The number of likely N-dealkylation sites (tertiary alicyclic amines) is 1. The van der Waals surface area contributed by atoms with Crippen LogP contribution in [0.1, 0.15) is 42.8 Å². The SMILES string of the molecule is Cc1cc([C@H]2CCCN([C@@H](C)C(=O)Nc3cc(C)on3)C2)n[nH]1. The Bertz CT molecular complexity index is 678. The molecule has 0 radical (unpaired) electrons. The van der Waals surface area contributed by atoms with Crippen molar-refractivity contribution in [1.29, 1.82) is 0 Å². The first kappa shape index (κ1) is 15.7. The number of H-pyrrole nitrogens is 1. The van der Waals surface area contributed by atoms with E-state index in [-0.39, 0.29) is 11.9 Å². The maximum atomic E-state index is 12.4. The molecule has 1 aliphatic heterocycles. The zero-order valence-electron chi connectivity index (χ0n) is 13.8. The highest BCUT2D eigenvalue weighted by atomic mass is 16.5. The van der Waals surface area contributed by atoms with Crippen LogP contribution in [0.25, 0.3) is 0 Å². The predicted molar refractivity (Wildman–Crippen MR) is 86.2 cm³/mol. The molecule has 3 rings (SSSR count). The molecule has 7 nitrogen and oxygen atoms in total. The summed E-state index contributed by atoms with van der Waals surface area (Å²) in [5.41, 5.74) is 2.16. The van der Waals surface area contributed by atoms with Gasteiger partial charge in [0.1, 0.15) is 5.76 Å². The van der Waals surface area contributed by atoms with Gasteiger partial charge in [-0.3, -0.25) is 14.8 Å². The third-order valence-electron chi connectivity index (χ3n) is 4.40.